The number of dihydropyridines is 1. The minimum atomic E-state index is -0.608. The van der Waals surface area contributed by atoms with Crippen molar-refractivity contribution in [2.45, 2.75) is 45.1 Å². The van der Waals surface area contributed by atoms with E-state index in [1.54, 1.807) is 6.26 Å². The molecule has 168 valence electrons. The molecule has 1 aromatic carbocycles. The van der Waals surface area contributed by atoms with Crippen LogP contribution in [0, 0.1) is 6.92 Å². The fourth-order valence-corrected chi connectivity index (χ4v) is 4.73. The van der Waals surface area contributed by atoms with Crippen LogP contribution >= 0.6 is 0 Å². The van der Waals surface area contributed by atoms with Gasteiger partial charge in [-0.2, -0.15) is 0 Å². The number of ether oxygens (including phenoxy) is 1. The number of hydrogen-bond donors (Lipinski definition) is 1. The lowest BCUT2D eigenvalue weighted by molar-refractivity contribution is -0.140. The third-order valence-electron chi connectivity index (χ3n) is 6.25. The monoisotopic (exact) mass is 443 g/mol. The number of allylic oxidation sites excluding steroid dienone is 3. The van der Waals surface area contributed by atoms with Gasteiger partial charge in [0.1, 0.15) is 23.9 Å². The predicted octanol–water partition coefficient (Wildman–Crippen LogP) is 5.29. The smallest absolute Gasteiger partial charge is 0.337 e. The molecule has 1 aliphatic carbocycles. The molecule has 6 heteroatoms. The molecule has 6 nitrogen and oxygen atoms in total. The van der Waals surface area contributed by atoms with Crippen LogP contribution in [0.4, 0.5) is 0 Å². The Hall–Kier alpha value is -3.80. The molecule has 0 bridgehead atoms. The van der Waals surface area contributed by atoms with Gasteiger partial charge in [0.25, 0.3) is 0 Å². The first-order valence-corrected chi connectivity index (χ1v) is 11.1. The fraction of sp³-hybridized carbons (Fsp3) is 0.259. The van der Waals surface area contributed by atoms with Crippen LogP contribution in [-0.4, -0.2) is 11.8 Å². The number of ketones is 1. The number of furan rings is 2. The molecule has 5 rings (SSSR count). The first-order valence-electron chi connectivity index (χ1n) is 11.1. The van der Waals surface area contributed by atoms with E-state index in [9.17, 15) is 9.59 Å². The van der Waals surface area contributed by atoms with E-state index in [1.807, 2.05) is 68.4 Å². The Morgan fingerprint density at radius 3 is 2.55 bits per heavy atom. The maximum Gasteiger partial charge on any atom is 0.337 e. The number of rotatable bonds is 5. The first kappa shape index (κ1) is 21.1. The summed E-state index contributed by atoms with van der Waals surface area (Å²) in [5.41, 5.74) is 3.35. The zero-order valence-corrected chi connectivity index (χ0v) is 18.6. The number of esters is 1. The molecule has 3 aromatic rings. The van der Waals surface area contributed by atoms with Gasteiger partial charge in [0.2, 0.25) is 0 Å². The highest BCUT2D eigenvalue weighted by Gasteiger charge is 2.43. The normalized spacial score (nSPS) is 20.5. The number of carbonyl (C=O) groups excluding carboxylic acids is 2. The number of aryl methyl sites for hydroxylation is 1. The lowest BCUT2D eigenvalue weighted by atomic mass is 9.74. The Morgan fingerprint density at radius 2 is 1.85 bits per heavy atom. The highest BCUT2D eigenvalue weighted by atomic mass is 16.5. The zero-order chi connectivity index (χ0) is 22.9. The topological polar surface area (TPSA) is 81.7 Å². The molecule has 33 heavy (non-hydrogen) atoms. The lowest BCUT2D eigenvalue weighted by Gasteiger charge is -2.35. The fourth-order valence-electron chi connectivity index (χ4n) is 4.73. The average molecular weight is 443 g/mol. The van der Waals surface area contributed by atoms with Gasteiger partial charge in [0.15, 0.2) is 5.78 Å². The molecule has 2 atom stereocenters. The van der Waals surface area contributed by atoms with Crippen LogP contribution in [-0.2, 0) is 20.9 Å². The van der Waals surface area contributed by atoms with Gasteiger partial charge in [-0.05, 0) is 50.1 Å². The highest BCUT2D eigenvalue weighted by Crippen LogP contribution is 2.46. The summed E-state index contributed by atoms with van der Waals surface area (Å²) in [5, 5.41) is 3.33. The average Bonchev–Trinajstić information content (AvgIpc) is 3.49. The summed E-state index contributed by atoms with van der Waals surface area (Å²) in [5.74, 6) is 0.937. The number of benzene rings is 1. The molecule has 2 unspecified atom stereocenters. The van der Waals surface area contributed by atoms with Gasteiger partial charge in [-0.1, -0.05) is 30.3 Å². The van der Waals surface area contributed by atoms with Crippen molar-refractivity contribution in [2.24, 2.45) is 0 Å². The van der Waals surface area contributed by atoms with Crippen molar-refractivity contribution in [1.82, 2.24) is 5.32 Å². The van der Waals surface area contributed by atoms with E-state index < -0.39 is 11.9 Å². The van der Waals surface area contributed by atoms with Crippen molar-refractivity contribution >= 4 is 11.8 Å². The molecule has 0 spiro atoms. The molecule has 0 saturated carbocycles. The number of Topliss-reactive ketones (excluding diaryl/α,β-unsaturated/α-hetero) is 1. The molecule has 3 heterocycles. The Kier molecular flexibility index (Phi) is 5.50. The van der Waals surface area contributed by atoms with Crippen LogP contribution in [0.5, 0.6) is 0 Å². The second-order valence-corrected chi connectivity index (χ2v) is 8.54. The standard InChI is InChI=1S/C27H25NO5/c1-16-10-11-23(33-16)26-24(27(30)32-15-18-7-4-3-5-8-18)17(2)28-20-13-19(14-21(29)25(20)26)22-9-6-12-31-22/h3-12,19,26,28H,13-15H2,1-2H3. The molecular weight excluding hydrogens is 418 g/mol. The van der Waals surface area contributed by atoms with Crippen molar-refractivity contribution < 1.29 is 23.2 Å². The lowest BCUT2D eigenvalue weighted by Crippen LogP contribution is -2.36. The third kappa shape index (κ3) is 4.04. The summed E-state index contributed by atoms with van der Waals surface area (Å²) in [6, 6.07) is 16.9. The molecule has 0 fully saturated rings. The van der Waals surface area contributed by atoms with E-state index in [1.165, 1.54) is 0 Å². The molecule has 0 amide bonds. The molecule has 0 saturated heterocycles. The summed E-state index contributed by atoms with van der Waals surface area (Å²) in [4.78, 5) is 26.7. The minimum absolute atomic E-state index is 0.0231. The van der Waals surface area contributed by atoms with Crippen LogP contribution in [0.2, 0.25) is 0 Å². The predicted molar refractivity (Wildman–Crippen MR) is 121 cm³/mol. The summed E-state index contributed by atoms with van der Waals surface area (Å²) in [6.07, 6.45) is 2.56. The Labute approximate surface area is 191 Å². The number of carbonyl (C=O) groups is 2. The highest BCUT2D eigenvalue weighted by molar-refractivity contribution is 6.04. The van der Waals surface area contributed by atoms with E-state index in [0.717, 1.165) is 22.8 Å². The van der Waals surface area contributed by atoms with Gasteiger partial charge >= 0.3 is 5.97 Å². The van der Waals surface area contributed by atoms with Gasteiger partial charge in [-0.25, -0.2) is 4.79 Å². The Morgan fingerprint density at radius 1 is 1.03 bits per heavy atom. The van der Waals surface area contributed by atoms with Crippen molar-refractivity contribution in [3.8, 4) is 0 Å². The number of hydrogen-bond acceptors (Lipinski definition) is 6. The van der Waals surface area contributed by atoms with Gasteiger partial charge in [0.05, 0.1) is 17.8 Å². The van der Waals surface area contributed by atoms with Crippen molar-refractivity contribution in [3.05, 3.63) is 106 Å². The summed E-state index contributed by atoms with van der Waals surface area (Å²) >= 11 is 0. The van der Waals surface area contributed by atoms with Gasteiger partial charge in [-0.3, -0.25) is 4.79 Å². The van der Waals surface area contributed by atoms with Gasteiger partial charge < -0.3 is 18.9 Å². The summed E-state index contributed by atoms with van der Waals surface area (Å²) in [7, 11) is 0. The van der Waals surface area contributed by atoms with Crippen molar-refractivity contribution in [1.29, 1.82) is 0 Å². The van der Waals surface area contributed by atoms with E-state index in [4.69, 9.17) is 13.6 Å². The summed E-state index contributed by atoms with van der Waals surface area (Å²) in [6.45, 7) is 3.84. The van der Waals surface area contributed by atoms with Crippen LogP contribution in [0.15, 0.2) is 92.2 Å². The third-order valence-corrected chi connectivity index (χ3v) is 6.25. The van der Waals surface area contributed by atoms with E-state index in [-0.39, 0.29) is 18.3 Å². The van der Waals surface area contributed by atoms with Crippen LogP contribution in [0.1, 0.15) is 54.4 Å². The minimum Gasteiger partial charge on any atom is -0.469 e. The van der Waals surface area contributed by atoms with Crippen LogP contribution < -0.4 is 5.32 Å². The zero-order valence-electron chi connectivity index (χ0n) is 18.6. The van der Waals surface area contributed by atoms with E-state index in [0.29, 0.717) is 35.4 Å². The molecule has 2 aromatic heterocycles. The quantitative estimate of drug-likeness (QED) is 0.540. The number of nitrogens with one attached hydrogen (secondary N) is 1. The van der Waals surface area contributed by atoms with E-state index >= 15 is 0 Å². The van der Waals surface area contributed by atoms with Crippen LogP contribution in [0.25, 0.3) is 0 Å². The van der Waals surface area contributed by atoms with E-state index in [2.05, 4.69) is 5.32 Å². The molecule has 0 radical (unpaired) electrons. The SMILES string of the molecule is CC1=C(C(=O)OCc2ccccc2)C(c2ccc(C)o2)C2=C(CC(c3ccco3)CC2=O)N1. The maximum atomic E-state index is 13.4. The van der Waals surface area contributed by atoms with Gasteiger partial charge in [0, 0.05) is 29.3 Å². The molecular formula is C27H25NO5. The molecule has 1 N–H and O–H groups in total. The summed E-state index contributed by atoms with van der Waals surface area (Å²) < 4.78 is 17.2. The second kappa shape index (κ2) is 8.62. The Bertz CT molecular complexity index is 1250. The van der Waals surface area contributed by atoms with Crippen molar-refractivity contribution in [3.63, 3.8) is 0 Å². The Balaban J connectivity index is 1.50. The first-order chi connectivity index (χ1) is 16.0. The van der Waals surface area contributed by atoms with Crippen molar-refractivity contribution in [2.75, 3.05) is 0 Å². The molecule has 1 aliphatic heterocycles. The van der Waals surface area contributed by atoms with Gasteiger partial charge in [-0.15, -0.1) is 0 Å². The molecule has 2 aliphatic rings. The maximum absolute atomic E-state index is 13.4. The second-order valence-electron chi connectivity index (χ2n) is 8.54. The largest absolute Gasteiger partial charge is 0.469 e. The van der Waals surface area contributed by atoms with Crippen LogP contribution in [0.3, 0.4) is 0 Å².